The van der Waals surface area contributed by atoms with Crippen LogP contribution in [0, 0.1) is 5.82 Å². The van der Waals surface area contributed by atoms with Gasteiger partial charge in [0.15, 0.2) is 6.61 Å². The topological polar surface area (TPSA) is 81.4 Å². The first kappa shape index (κ1) is 15.5. The van der Waals surface area contributed by atoms with Crippen LogP contribution >= 0.6 is 0 Å². The molecule has 0 fully saturated rings. The van der Waals surface area contributed by atoms with Crippen molar-refractivity contribution < 1.29 is 18.7 Å². The van der Waals surface area contributed by atoms with Gasteiger partial charge < -0.3 is 15.8 Å². The highest BCUT2D eigenvalue weighted by molar-refractivity contribution is 5.91. The van der Waals surface area contributed by atoms with E-state index in [4.69, 9.17) is 10.5 Å². The Morgan fingerprint density at radius 2 is 1.91 bits per heavy atom. The third-order valence-corrected chi connectivity index (χ3v) is 2.80. The van der Waals surface area contributed by atoms with Crippen LogP contribution in [-0.2, 0) is 16.0 Å². The molecule has 0 saturated carbocycles. The van der Waals surface area contributed by atoms with E-state index in [0.29, 0.717) is 17.0 Å². The molecule has 2 rings (SSSR count). The maximum atomic E-state index is 13.0. The summed E-state index contributed by atoms with van der Waals surface area (Å²) in [6.45, 7) is -0.258. The van der Waals surface area contributed by atoms with E-state index < -0.39 is 17.6 Å². The standard InChI is InChI=1S/C16H15FN2O3/c17-12-5-3-6-13(9-12)19-16(21)10-22-14-7-2-1-4-11(14)8-15(18)20/h1-7,9H,8,10H2,(H2,18,20)(H,19,21). The number of primary amides is 1. The molecule has 114 valence electrons. The van der Waals surface area contributed by atoms with E-state index in [0.717, 1.165) is 0 Å². The summed E-state index contributed by atoms with van der Waals surface area (Å²) in [6, 6.07) is 12.4. The molecule has 22 heavy (non-hydrogen) atoms. The number of carbonyl (C=O) groups excluding carboxylic acids is 2. The number of para-hydroxylation sites is 1. The number of hydrogen-bond acceptors (Lipinski definition) is 3. The molecule has 5 nitrogen and oxygen atoms in total. The lowest BCUT2D eigenvalue weighted by molar-refractivity contribution is -0.118. The fourth-order valence-electron chi connectivity index (χ4n) is 1.88. The minimum absolute atomic E-state index is 0.0295. The highest BCUT2D eigenvalue weighted by Gasteiger charge is 2.09. The largest absolute Gasteiger partial charge is 0.483 e. The lowest BCUT2D eigenvalue weighted by atomic mass is 10.1. The minimum Gasteiger partial charge on any atom is -0.483 e. The average molecular weight is 302 g/mol. The van der Waals surface area contributed by atoms with Gasteiger partial charge in [-0.1, -0.05) is 24.3 Å². The maximum Gasteiger partial charge on any atom is 0.262 e. The van der Waals surface area contributed by atoms with Crippen LogP contribution in [0.15, 0.2) is 48.5 Å². The molecule has 2 amide bonds. The molecular weight excluding hydrogens is 287 g/mol. The van der Waals surface area contributed by atoms with Gasteiger partial charge in [0.1, 0.15) is 11.6 Å². The van der Waals surface area contributed by atoms with E-state index in [9.17, 15) is 14.0 Å². The van der Waals surface area contributed by atoms with Gasteiger partial charge in [-0.05, 0) is 24.3 Å². The lowest BCUT2D eigenvalue weighted by Crippen LogP contribution is -2.21. The Kier molecular flexibility index (Phi) is 5.08. The van der Waals surface area contributed by atoms with Gasteiger partial charge in [-0.3, -0.25) is 9.59 Å². The summed E-state index contributed by atoms with van der Waals surface area (Å²) in [4.78, 5) is 22.8. The summed E-state index contributed by atoms with van der Waals surface area (Å²) in [5.74, 6) is -0.944. The van der Waals surface area contributed by atoms with E-state index in [1.165, 1.54) is 18.2 Å². The van der Waals surface area contributed by atoms with Crippen LogP contribution in [0.4, 0.5) is 10.1 Å². The zero-order valence-corrected chi connectivity index (χ0v) is 11.7. The summed E-state index contributed by atoms with van der Waals surface area (Å²) < 4.78 is 18.4. The Bertz CT molecular complexity index is 689. The molecule has 0 aromatic heterocycles. The quantitative estimate of drug-likeness (QED) is 0.854. The smallest absolute Gasteiger partial charge is 0.262 e. The number of nitrogens with one attached hydrogen (secondary N) is 1. The molecule has 0 spiro atoms. The van der Waals surface area contributed by atoms with E-state index >= 15 is 0 Å². The molecule has 3 N–H and O–H groups in total. The van der Waals surface area contributed by atoms with Crippen LogP contribution in [0.3, 0.4) is 0 Å². The molecule has 0 aliphatic rings. The van der Waals surface area contributed by atoms with Crippen molar-refractivity contribution in [2.24, 2.45) is 5.73 Å². The van der Waals surface area contributed by atoms with Crippen molar-refractivity contribution >= 4 is 17.5 Å². The number of amides is 2. The molecule has 2 aromatic carbocycles. The van der Waals surface area contributed by atoms with Crippen LogP contribution in [-0.4, -0.2) is 18.4 Å². The summed E-state index contributed by atoms with van der Waals surface area (Å²) in [5.41, 5.74) is 6.11. The van der Waals surface area contributed by atoms with Crippen molar-refractivity contribution in [2.45, 2.75) is 6.42 Å². The maximum absolute atomic E-state index is 13.0. The van der Waals surface area contributed by atoms with Crippen LogP contribution in [0.1, 0.15) is 5.56 Å². The predicted molar refractivity (Wildman–Crippen MR) is 79.9 cm³/mol. The molecule has 0 aliphatic heterocycles. The molecule has 0 heterocycles. The first-order chi connectivity index (χ1) is 10.5. The summed E-state index contributed by atoms with van der Waals surface area (Å²) in [6.07, 6.45) is 0.0295. The van der Waals surface area contributed by atoms with Gasteiger partial charge in [-0.15, -0.1) is 0 Å². The highest BCUT2D eigenvalue weighted by atomic mass is 19.1. The Morgan fingerprint density at radius 1 is 1.14 bits per heavy atom. The number of ether oxygens (including phenoxy) is 1. The van der Waals surface area contributed by atoms with E-state index in [-0.39, 0.29) is 13.0 Å². The van der Waals surface area contributed by atoms with E-state index in [2.05, 4.69) is 5.32 Å². The van der Waals surface area contributed by atoms with Gasteiger partial charge in [0.2, 0.25) is 5.91 Å². The van der Waals surface area contributed by atoms with Gasteiger partial charge in [0.05, 0.1) is 6.42 Å². The first-order valence-electron chi connectivity index (χ1n) is 6.59. The van der Waals surface area contributed by atoms with Crippen molar-refractivity contribution in [3.8, 4) is 5.75 Å². The minimum atomic E-state index is -0.486. The lowest BCUT2D eigenvalue weighted by Gasteiger charge is -2.10. The van der Waals surface area contributed by atoms with Gasteiger partial charge in [-0.2, -0.15) is 0 Å². The molecule has 0 bridgehead atoms. The summed E-state index contributed by atoms with van der Waals surface area (Å²) in [5, 5.41) is 2.52. The van der Waals surface area contributed by atoms with Crippen molar-refractivity contribution in [1.82, 2.24) is 0 Å². The zero-order valence-electron chi connectivity index (χ0n) is 11.7. The predicted octanol–water partition coefficient (Wildman–Crippen LogP) is 1.87. The van der Waals surface area contributed by atoms with Crippen molar-refractivity contribution in [3.05, 3.63) is 59.9 Å². The Labute approximate surface area is 126 Å². The van der Waals surface area contributed by atoms with Crippen LogP contribution in [0.25, 0.3) is 0 Å². The molecule has 0 unspecified atom stereocenters. The number of benzene rings is 2. The SMILES string of the molecule is NC(=O)Cc1ccccc1OCC(=O)Nc1cccc(F)c1. The van der Waals surface area contributed by atoms with Gasteiger partial charge in [0, 0.05) is 11.3 Å². The Balaban J connectivity index is 1.95. The Hall–Kier alpha value is -2.89. The van der Waals surface area contributed by atoms with Gasteiger partial charge in [-0.25, -0.2) is 4.39 Å². The molecule has 0 saturated heterocycles. The van der Waals surface area contributed by atoms with Crippen LogP contribution in [0.5, 0.6) is 5.75 Å². The van der Waals surface area contributed by atoms with E-state index in [1.54, 1.807) is 30.3 Å². The third-order valence-electron chi connectivity index (χ3n) is 2.80. The first-order valence-corrected chi connectivity index (χ1v) is 6.59. The number of nitrogens with two attached hydrogens (primary N) is 1. The number of hydrogen-bond donors (Lipinski definition) is 2. The average Bonchev–Trinajstić information content (AvgIpc) is 2.46. The second kappa shape index (κ2) is 7.21. The van der Waals surface area contributed by atoms with Gasteiger partial charge >= 0.3 is 0 Å². The number of carbonyl (C=O) groups is 2. The molecule has 0 radical (unpaired) electrons. The molecule has 2 aromatic rings. The number of anilines is 1. The summed E-state index contributed by atoms with van der Waals surface area (Å²) >= 11 is 0. The van der Waals surface area contributed by atoms with Crippen LogP contribution < -0.4 is 15.8 Å². The van der Waals surface area contributed by atoms with Crippen molar-refractivity contribution in [1.29, 1.82) is 0 Å². The third kappa shape index (κ3) is 4.59. The van der Waals surface area contributed by atoms with Crippen LogP contribution in [0.2, 0.25) is 0 Å². The van der Waals surface area contributed by atoms with E-state index in [1.807, 2.05) is 0 Å². The van der Waals surface area contributed by atoms with Crippen molar-refractivity contribution in [3.63, 3.8) is 0 Å². The highest BCUT2D eigenvalue weighted by Crippen LogP contribution is 2.18. The molecular formula is C16H15FN2O3. The zero-order chi connectivity index (χ0) is 15.9. The normalized spacial score (nSPS) is 10.0. The Morgan fingerprint density at radius 3 is 2.64 bits per heavy atom. The second-order valence-corrected chi connectivity index (χ2v) is 4.60. The van der Waals surface area contributed by atoms with Crippen molar-refractivity contribution in [2.75, 3.05) is 11.9 Å². The van der Waals surface area contributed by atoms with Gasteiger partial charge in [0.25, 0.3) is 5.91 Å². The fraction of sp³-hybridized carbons (Fsp3) is 0.125. The molecule has 6 heteroatoms. The second-order valence-electron chi connectivity index (χ2n) is 4.60. The molecule has 0 aliphatic carbocycles. The fourth-order valence-corrected chi connectivity index (χ4v) is 1.88. The summed E-state index contributed by atoms with van der Waals surface area (Å²) in [7, 11) is 0. The molecule has 0 atom stereocenters. The number of halogens is 1. The monoisotopic (exact) mass is 302 g/mol. The number of rotatable bonds is 6.